The minimum atomic E-state index is -0.149. The van der Waals surface area contributed by atoms with E-state index in [1.165, 1.54) is 121 Å². The molecule has 0 radical (unpaired) electrons. The highest BCUT2D eigenvalue weighted by atomic mass is 15.2. The van der Waals surface area contributed by atoms with Crippen LogP contribution >= 0.6 is 0 Å². The molecule has 2 nitrogen and oxygen atoms in total. The SMILES string of the molecule is CC1(C)c2ccccc2-c2c(-c3ccccc3)cc(N(c3ccccc3)c3cc4ccc3CCc3ccc(c(N(c5ccccc5)c5ccc(C6CC7CCC6C7)cc5)c3)CC4)cc21. The zero-order valence-corrected chi connectivity index (χ0v) is 37.2. The van der Waals surface area contributed by atoms with Gasteiger partial charge in [-0.3, -0.25) is 0 Å². The molecule has 0 heterocycles. The van der Waals surface area contributed by atoms with Gasteiger partial charge in [0.25, 0.3) is 0 Å². The van der Waals surface area contributed by atoms with Crippen molar-refractivity contribution in [2.24, 2.45) is 11.8 Å². The summed E-state index contributed by atoms with van der Waals surface area (Å²) in [6, 6.07) is 71.5. The molecule has 8 aromatic rings. The molecule has 2 heteroatoms. The van der Waals surface area contributed by atoms with Gasteiger partial charge in [-0.15, -0.1) is 0 Å². The van der Waals surface area contributed by atoms with Gasteiger partial charge in [-0.25, -0.2) is 0 Å². The number of para-hydroxylation sites is 2. The molecule has 7 aliphatic carbocycles. The van der Waals surface area contributed by atoms with Crippen LogP contribution in [0.5, 0.6) is 0 Å². The molecule has 0 aromatic heterocycles. The third-order valence-electron chi connectivity index (χ3n) is 15.5. The van der Waals surface area contributed by atoms with E-state index in [1.54, 1.807) is 0 Å². The van der Waals surface area contributed by atoms with E-state index in [2.05, 4.69) is 212 Å². The molecule has 0 spiro atoms. The van der Waals surface area contributed by atoms with Crippen molar-refractivity contribution in [3.63, 3.8) is 0 Å². The molecule has 8 aromatic carbocycles. The van der Waals surface area contributed by atoms with Gasteiger partial charge in [-0.05, 0) is 185 Å². The predicted molar refractivity (Wildman–Crippen MR) is 268 cm³/mol. The van der Waals surface area contributed by atoms with Crippen LogP contribution in [0.15, 0.2) is 188 Å². The van der Waals surface area contributed by atoms with Crippen LogP contribution in [0.25, 0.3) is 22.3 Å². The Labute approximate surface area is 379 Å². The first kappa shape index (κ1) is 39.0. The van der Waals surface area contributed by atoms with Crippen LogP contribution in [0.2, 0.25) is 0 Å². The lowest BCUT2D eigenvalue weighted by atomic mass is 9.81. The van der Waals surface area contributed by atoms with Crippen molar-refractivity contribution >= 4 is 34.1 Å². The third-order valence-corrected chi connectivity index (χ3v) is 15.5. The molecule has 64 heavy (non-hydrogen) atoms. The first-order valence-corrected chi connectivity index (χ1v) is 23.8. The summed E-state index contributed by atoms with van der Waals surface area (Å²) in [6.45, 7) is 4.81. The van der Waals surface area contributed by atoms with Gasteiger partial charge in [0.05, 0.1) is 0 Å². The Morgan fingerprint density at radius 3 is 1.59 bits per heavy atom. The summed E-state index contributed by atoms with van der Waals surface area (Å²) < 4.78 is 0. The first-order chi connectivity index (χ1) is 31.5. The van der Waals surface area contributed by atoms with E-state index in [0.717, 1.165) is 43.4 Å². The van der Waals surface area contributed by atoms with E-state index in [0.29, 0.717) is 0 Å². The lowest BCUT2D eigenvalue weighted by molar-refractivity contribution is 0.420. The van der Waals surface area contributed by atoms with Crippen LogP contribution in [0, 0.1) is 11.8 Å². The molecule has 2 fully saturated rings. The number of nitrogens with zero attached hydrogens (tertiary/aromatic N) is 2. The number of fused-ring (bicyclic) bond motifs is 5. The Bertz CT molecular complexity index is 2980. The fourth-order valence-electron chi connectivity index (χ4n) is 12.2. The average Bonchev–Trinajstić information content (AvgIpc) is 4.04. The zero-order valence-electron chi connectivity index (χ0n) is 37.2. The van der Waals surface area contributed by atoms with Crippen LogP contribution < -0.4 is 9.80 Å². The summed E-state index contributed by atoms with van der Waals surface area (Å²) in [4.78, 5) is 5.08. The first-order valence-electron chi connectivity index (χ1n) is 23.8. The van der Waals surface area contributed by atoms with Gasteiger partial charge >= 0.3 is 0 Å². The summed E-state index contributed by atoms with van der Waals surface area (Å²) in [5.41, 5.74) is 22.3. The largest absolute Gasteiger partial charge is 0.310 e. The van der Waals surface area contributed by atoms with Gasteiger partial charge in [0.15, 0.2) is 0 Å². The highest BCUT2D eigenvalue weighted by molar-refractivity contribution is 5.96. The molecule has 2 saturated carbocycles. The van der Waals surface area contributed by atoms with Gasteiger partial charge in [-0.1, -0.05) is 148 Å². The van der Waals surface area contributed by atoms with E-state index in [4.69, 9.17) is 0 Å². The van der Waals surface area contributed by atoms with E-state index in [9.17, 15) is 0 Å². The second-order valence-corrected chi connectivity index (χ2v) is 19.6. The summed E-state index contributed by atoms with van der Waals surface area (Å²) >= 11 is 0. The van der Waals surface area contributed by atoms with Crippen LogP contribution in [0.4, 0.5) is 34.1 Å². The minimum absolute atomic E-state index is 0.149. The second-order valence-electron chi connectivity index (χ2n) is 19.6. The van der Waals surface area contributed by atoms with Crippen LogP contribution in [-0.4, -0.2) is 0 Å². The average molecular weight is 829 g/mol. The van der Waals surface area contributed by atoms with Gasteiger partial charge in [-0.2, -0.15) is 0 Å². The minimum Gasteiger partial charge on any atom is -0.310 e. The van der Waals surface area contributed by atoms with Crippen molar-refractivity contribution in [2.45, 2.75) is 76.5 Å². The maximum absolute atomic E-state index is 2.56. The molecule has 0 amide bonds. The highest BCUT2D eigenvalue weighted by Crippen LogP contribution is 2.55. The summed E-state index contributed by atoms with van der Waals surface area (Å²) in [5, 5.41) is 0. The van der Waals surface area contributed by atoms with Gasteiger partial charge in [0.1, 0.15) is 0 Å². The Kier molecular flexibility index (Phi) is 9.66. The topological polar surface area (TPSA) is 6.48 Å². The van der Waals surface area contributed by atoms with Crippen LogP contribution in [0.3, 0.4) is 0 Å². The highest BCUT2D eigenvalue weighted by Gasteiger charge is 2.40. The van der Waals surface area contributed by atoms with Crippen LogP contribution in [0.1, 0.15) is 84.4 Å². The second kappa shape index (κ2) is 15.9. The molecule has 6 bridgehead atoms. The number of rotatable bonds is 8. The van der Waals surface area contributed by atoms with Crippen LogP contribution in [-0.2, 0) is 31.1 Å². The molecule has 7 aliphatic rings. The molecule has 15 rings (SSSR count). The number of anilines is 6. The summed E-state index contributed by atoms with van der Waals surface area (Å²) in [5.74, 6) is 2.55. The van der Waals surface area contributed by atoms with Crippen molar-refractivity contribution in [3.8, 4) is 22.3 Å². The quantitative estimate of drug-likeness (QED) is 0.151. The number of aryl methyl sites for hydroxylation is 4. The fourth-order valence-corrected chi connectivity index (χ4v) is 12.2. The zero-order chi connectivity index (χ0) is 42.8. The van der Waals surface area contributed by atoms with Crippen molar-refractivity contribution in [3.05, 3.63) is 227 Å². The Balaban J connectivity index is 0.951. The monoisotopic (exact) mass is 828 g/mol. The van der Waals surface area contributed by atoms with E-state index in [-0.39, 0.29) is 5.41 Å². The molecule has 314 valence electrons. The normalized spacial score (nSPS) is 18.9. The maximum Gasteiger partial charge on any atom is 0.0496 e. The van der Waals surface area contributed by atoms with Gasteiger partial charge < -0.3 is 9.80 Å². The number of hydrogen-bond acceptors (Lipinski definition) is 2. The Hall–Kier alpha value is -6.64. The molecule has 3 unspecified atom stereocenters. The molecule has 0 saturated heterocycles. The number of hydrogen-bond donors (Lipinski definition) is 0. The Morgan fingerprint density at radius 2 is 1.00 bits per heavy atom. The van der Waals surface area contributed by atoms with Gasteiger partial charge in [0, 0.05) is 39.5 Å². The smallest absolute Gasteiger partial charge is 0.0496 e. The van der Waals surface area contributed by atoms with Crippen molar-refractivity contribution in [1.82, 2.24) is 0 Å². The van der Waals surface area contributed by atoms with Gasteiger partial charge in [0.2, 0.25) is 0 Å². The molecular weight excluding hydrogens is 773 g/mol. The summed E-state index contributed by atoms with van der Waals surface area (Å²) in [6.07, 6.45) is 9.41. The van der Waals surface area contributed by atoms with E-state index >= 15 is 0 Å². The maximum atomic E-state index is 2.56. The van der Waals surface area contributed by atoms with E-state index < -0.39 is 0 Å². The molecule has 3 atom stereocenters. The number of benzene rings is 8. The standard InChI is InChI=1S/C62H56N2/c1-62(2)57-21-13-12-20-54(57)61-56(45-14-6-3-7-15-45)40-53(41-58(61)62)64(51-18-10-5-11-19-51)60-39-43-23-28-47-27-22-42(24-29-48(60)30-25-43)38-59(47)63(50-16-8-4-9-17-50)52-34-32-46(33-35-52)55-37-44-26-31-49(55)36-44/h3-22,25,27,30,32-35,38-41,44,49,55H,23-24,26,28-29,31,36-37H2,1-2H3. The molecular formula is C62H56N2. The lowest BCUT2D eigenvalue weighted by Crippen LogP contribution is -2.18. The lowest BCUT2D eigenvalue weighted by Gasteiger charge is -2.32. The van der Waals surface area contributed by atoms with Crippen molar-refractivity contribution in [1.29, 1.82) is 0 Å². The third kappa shape index (κ3) is 6.78. The summed E-state index contributed by atoms with van der Waals surface area (Å²) in [7, 11) is 0. The van der Waals surface area contributed by atoms with E-state index in [1.807, 2.05) is 0 Å². The Morgan fingerprint density at radius 1 is 0.438 bits per heavy atom. The molecule has 0 aliphatic heterocycles. The fraction of sp³-hybridized carbons (Fsp3) is 0.226. The van der Waals surface area contributed by atoms with Crippen molar-refractivity contribution in [2.75, 3.05) is 9.80 Å². The molecule has 0 N–H and O–H groups in total. The predicted octanol–water partition coefficient (Wildman–Crippen LogP) is 16.4. The van der Waals surface area contributed by atoms with Crippen molar-refractivity contribution < 1.29 is 0 Å².